The molecular formula is C18H23N3OS. The lowest BCUT2D eigenvalue weighted by molar-refractivity contribution is 0.833. The first-order valence-corrected chi connectivity index (χ1v) is 9.43. The van der Waals surface area contributed by atoms with Gasteiger partial charge < -0.3 is 9.88 Å². The molecule has 0 bridgehead atoms. The summed E-state index contributed by atoms with van der Waals surface area (Å²) in [4.78, 5) is 22.2. The third-order valence-corrected chi connectivity index (χ3v) is 4.98. The van der Waals surface area contributed by atoms with Crippen LogP contribution < -0.4 is 10.5 Å². The predicted molar refractivity (Wildman–Crippen MR) is 96.7 cm³/mol. The molecule has 4 nitrogen and oxygen atoms in total. The zero-order valence-electron chi connectivity index (χ0n) is 13.8. The van der Waals surface area contributed by atoms with Crippen molar-refractivity contribution in [1.82, 2.24) is 9.97 Å². The van der Waals surface area contributed by atoms with Crippen LogP contribution in [0.5, 0.6) is 0 Å². The van der Waals surface area contributed by atoms with E-state index in [2.05, 4.69) is 39.1 Å². The second-order valence-electron chi connectivity index (χ2n) is 5.89. The first-order chi connectivity index (χ1) is 11.2. The normalized spacial score (nSPS) is 14.4. The monoisotopic (exact) mass is 329 g/mol. The van der Waals surface area contributed by atoms with E-state index in [1.165, 1.54) is 30.3 Å². The second kappa shape index (κ2) is 7.21. The average molecular weight is 329 g/mol. The summed E-state index contributed by atoms with van der Waals surface area (Å²) in [5, 5.41) is 0.694. The van der Waals surface area contributed by atoms with Crippen molar-refractivity contribution in [2.45, 2.75) is 37.8 Å². The van der Waals surface area contributed by atoms with Crippen molar-refractivity contribution in [3.63, 3.8) is 0 Å². The van der Waals surface area contributed by atoms with Gasteiger partial charge in [0.05, 0.1) is 5.69 Å². The standard InChI is InChI=1S/C18H23N3OS/c1-3-16-15(17(22)20-18(19-16)23-2)12-13-6-8-14(9-7-13)21-10-4-5-11-21/h6-9H,3-5,10-12H2,1-2H3,(H,19,20,22). The minimum atomic E-state index is -0.00943. The number of H-pyrrole nitrogens is 1. The van der Waals surface area contributed by atoms with Gasteiger partial charge in [-0.25, -0.2) is 4.98 Å². The highest BCUT2D eigenvalue weighted by Crippen LogP contribution is 2.21. The molecule has 1 aliphatic rings. The molecule has 0 radical (unpaired) electrons. The highest BCUT2D eigenvalue weighted by molar-refractivity contribution is 7.98. The molecule has 23 heavy (non-hydrogen) atoms. The predicted octanol–water partition coefficient (Wildman–Crippen LogP) is 3.25. The molecule has 1 N–H and O–H groups in total. The van der Waals surface area contributed by atoms with Crippen LogP contribution in [0.25, 0.3) is 0 Å². The number of anilines is 1. The van der Waals surface area contributed by atoms with Crippen LogP contribution in [-0.2, 0) is 12.8 Å². The molecule has 1 aliphatic heterocycles. The first-order valence-electron chi connectivity index (χ1n) is 8.21. The van der Waals surface area contributed by atoms with E-state index < -0.39 is 0 Å². The van der Waals surface area contributed by atoms with Gasteiger partial charge in [0.2, 0.25) is 0 Å². The molecule has 0 saturated carbocycles. The fourth-order valence-electron chi connectivity index (χ4n) is 3.10. The van der Waals surface area contributed by atoms with Crippen molar-refractivity contribution in [3.8, 4) is 0 Å². The minimum Gasteiger partial charge on any atom is -0.372 e. The number of nitrogens with one attached hydrogen (secondary N) is 1. The topological polar surface area (TPSA) is 49.0 Å². The van der Waals surface area contributed by atoms with E-state index in [0.29, 0.717) is 11.6 Å². The van der Waals surface area contributed by atoms with E-state index in [9.17, 15) is 4.79 Å². The summed E-state index contributed by atoms with van der Waals surface area (Å²) in [6.07, 6.45) is 5.91. The molecule has 0 atom stereocenters. The number of hydrogen-bond donors (Lipinski definition) is 1. The molecule has 1 aromatic heterocycles. The summed E-state index contributed by atoms with van der Waals surface area (Å²) in [5.41, 5.74) is 4.13. The maximum atomic E-state index is 12.3. The van der Waals surface area contributed by atoms with Gasteiger partial charge in [-0.1, -0.05) is 30.8 Å². The number of aromatic nitrogens is 2. The Balaban J connectivity index is 1.83. The van der Waals surface area contributed by atoms with Gasteiger partial charge in [0.1, 0.15) is 0 Å². The number of benzene rings is 1. The van der Waals surface area contributed by atoms with Crippen molar-refractivity contribution >= 4 is 17.4 Å². The van der Waals surface area contributed by atoms with Crippen LogP contribution in [0, 0.1) is 0 Å². The summed E-state index contributed by atoms with van der Waals surface area (Å²) in [6, 6.07) is 8.61. The highest BCUT2D eigenvalue weighted by atomic mass is 32.2. The number of aromatic amines is 1. The molecule has 3 rings (SSSR count). The zero-order chi connectivity index (χ0) is 16.2. The molecule has 0 aliphatic carbocycles. The van der Waals surface area contributed by atoms with Crippen LogP contribution in [0.15, 0.2) is 34.2 Å². The van der Waals surface area contributed by atoms with Crippen molar-refractivity contribution in [2.24, 2.45) is 0 Å². The summed E-state index contributed by atoms with van der Waals surface area (Å²) >= 11 is 1.47. The molecule has 0 unspecified atom stereocenters. The largest absolute Gasteiger partial charge is 0.372 e. The zero-order valence-corrected chi connectivity index (χ0v) is 14.6. The molecular weight excluding hydrogens is 306 g/mol. The van der Waals surface area contributed by atoms with Gasteiger partial charge >= 0.3 is 0 Å². The SMILES string of the molecule is CCc1nc(SC)[nH]c(=O)c1Cc1ccc(N2CCCC2)cc1. The van der Waals surface area contributed by atoms with E-state index in [1.807, 2.05) is 13.2 Å². The minimum absolute atomic E-state index is 0.00943. The maximum absolute atomic E-state index is 12.3. The van der Waals surface area contributed by atoms with E-state index >= 15 is 0 Å². The Morgan fingerprint density at radius 1 is 1.22 bits per heavy atom. The Bertz CT molecular complexity index is 718. The van der Waals surface area contributed by atoms with Crippen molar-refractivity contribution in [2.75, 3.05) is 24.2 Å². The van der Waals surface area contributed by atoms with E-state index in [4.69, 9.17) is 0 Å². The number of aryl methyl sites for hydroxylation is 1. The number of hydrogen-bond acceptors (Lipinski definition) is 4. The lowest BCUT2D eigenvalue weighted by Gasteiger charge is -2.17. The van der Waals surface area contributed by atoms with Gasteiger partial charge in [-0.3, -0.25) is 4.79 Å². The second-order valence-corrected chi connectivity index (χ2v) is 6.69. The van der Waals surface area contributed by atoms with Crippen LogP contribution in [-0.4, -0.2) is 29.3 Å². The van der Waals surface area contributed by atoms with Gasteiger partial charge in [-0.2, -0.15) is 0 Å². The highest BCUT2D eigenvalue weighted by Gasteiger charge is 2.13. The van der Waals surface area contributed by atoms with Gasteiger partial charge in [-0.05, 0) is 43.2 Å². The molecule has 1 saturated heterocycles. The third kappa shape index (κ3) is 3.61. The quantitative estimate of drug-likeness (QED) is 0.676. The number of thioether (sulfide) groups is 1. The van der Waals surface area contributed by atoms with Gasteiger partial charge in [0, 0.05) is 30.8 Å². The van der Waals surface area contributed by atoms with Crippen molar-refractivity contribution < 1.29 is 0 Å². The molecule has 0 amide bonds. The van der Waals surface area contributed by atoms with Crippen LogP contribution >= 0.6 is 11.8 Å². The lowest BCUT2D eigenvalue weighted by Crippen LogP contribution is -2.19. The number of rotatable bonds is 5. The van der Waals surface area contributed by atoms with Crippen molar-refractivity contribution in [3.05, 3.63) is 51.4 Å². The van der Waals surface area contributed by atoms with Crippen LogP contribution in [0.3, 0.4) is 0 Å². The summed E-state index contributed by atoms with van der Waals surface area (Å²) in [5.74, 6) is 0. The van der Waals surface area contributed by atoms with Gasteiger partial charge in [0.15, 0.2) is 5.16 Å². The lowest BCUT2D eigenvalue weighted by atomic mass is 10.0. The molecule has 1 aromatic carbocycles. The van der Waals surface area contributed by atoms with Gasteiger partial charge in [0.25, 0.3) is 5.56 Å². The Morgan fingerprint density at radius 2 is 1.91 bits per heavy atom. The molecule has 2 aromatic rings. The Hall–Kier alpha value is -1.75. The summed E-state index contributed by atoms with van der Waals surface area (Å²) in [6.45, 7) is 4.35. The first kappa shape index (κ1) is 16.1. The third-order valence-electron chi connectivity index (χ3n) is 4.40. The van der Waals surface area contributed by atoms with E-state index in [-0.39, 0.29) is 5.56 Å². The van der Waals surface area contributed by atoms with Crippen LogP contribution in [0.2, 0.25) is 0 Å². The average Bonchev–Trinajstić information content (AvgIpc) is 3.11. The number of nitrogens with zero attached hydrogens (tertiary/aromatic N) is 2. The fourth-order valence-corrected chi connectivity index (χ4v) is 3.49. The molecule has 5 heteroatoms. The van der Waals surface area contributed by atoms with Crippen LogP contribution in [0.1, 0.15) is 36.6 Å². The molecule has 1 fully saturated rings. The van der Waals surface area contributed by atoms with Crippen LogP contribution in [0.4, 0.5) is 5.69 Å². The smallest absolute Gasteiger partial charge is 0.255 e. The molecule has 2 heterocycles. The van der Waals surface area contributed by atoms with Crippen molar-refractivity contribution in [1.29, 1.82) is 0 Å². The Labute approximate surface area is 141 Å². The van der Waals surface area contributed by atoms with E-state index in [1.54, 1.807) is 0 Å². The maximum Gasteiger partial charge on any atom is 0.255 e. The van der Waals surface area contributed by atoms with E-state index in [0.717, 1.165) is 36.3 Å². The summed E-state index contributed by atoms with van der Waals surface area (Å²) < 4.78 is 0. The molecule has 122 valence electrons. The van der Waals surface area contributed by atoms with Gasteiger partial charge in [-0.15, -0.1) is 0 Å². The fraction of sp³-hybridized carbons (Fsp3) is 0.444. The Kier molecular flexibility index (Phi) is 5.06. The summed E-state index contributed by atoms with van der Waals surface area (Å²) in [7, 11) is 0. The molecule has 0 spiro atoms. The Morgan fingerprint density at radius 3 is 2.52 bits per heavy atom.